The van der Waals surface area contributed by atoms with E-state index < -0.39 is 11.9 Å². The number of carbonyl (C=O) groups excluding carboxylic acids is 3. The van der Waals surface area contributed by atoms with Crippen molar-refractivity contribution >= 4 is 34.1 Å². The minimum atomic E-state index is -0.514. The van der Waals surface area contributed by atoms with Gasteiger partial charge in [0.1, 0.15) is 5.00 Å². The van der Waals surface area contributed by atoms with Gasteiger partial charge in [-0.2, -0.15) is 0 Å². The number of anilines is 1. The zero-order valence-electron chi connectivity index (χ0n) is 12.6. The van der Waals surface area contributed by atoms with Crippen LogP contribution in [0.15, 0.2) is 0 Å². The van der Waals surface area contributed by atoms with Crippen LogP contribution in [0.4, 0.5) is 5.00 Å². The van der Waals surface area contributed by atoms with Gasteiger partial charge in [-0.3, -0.25) is 14.4 Å². The highest BCUT2D eigenvalue weighted by Crippen LogP contribution is 2.37. The quantitative estimate of drug-likeness (QED) is 0.782. The molecule has 2 amide bonds. The summed E-state index contributed by atoms with van der Waals surface area (Å²) in [5.74, 6) is -1.23. The van der Waals surface area contributed by atoms with E-state index >= 15 is 0 Å². The Morgan fingerprint density at radius 3 is 2.64 bits per heavy atom. The molecule has 1 aromatic rings. The second-order valence-electron chi connectivity index (χ2n) is 5.13. The van der Waals surface area contributed by atoms with Gasteiger partial charge in [-0.25, -0.2) is 0 Å². The second-order valence-corrected chi connectivity index (χ2v) is 6.24. The van der Waals surface area contributed by atoms with Crippen molar-refractivity contribution in [2.24, 2.45) is 5.73 Å². The Morgan fingerprint density at radius 2 is 1.95 bits per heavy atom. The van der Waals surface area contributed by atoms with Gasteiger partial charge < -0.3 is 15.8 Å². The first-order valence-corrected chi connectivity index (χ1v) is 8.24. The number of fused-ring (bicyclic) bond motifs is 1. The normalized spacial score (nSPS) is 13.3. The largest absolute Gasteiger partial charge is 0.466 e. The van der Waals surface area contributed by atoms with Gasteiger partial charge in [-0.1, -0.05) is 0 Å². The highest BCUT2D eigenvalue weighted by molar-refractivity contribution is 7.17. The molecule has 0 atom stereocenters. The van der Waals surface area contributed by atoms with Gasteiger partial charge in [0.2, 0.25) is 5.91 Å². The molecule has 1 aliphatic carbocycles. The van der Waals surface area contributed by atoms with Crippen molar-refractivity contribution in [3.8, 4) is 0 Å². The van der Waals surface area contributed by atoms with Gasteiger partial charge in [0.15, 0.2) is 0 Å². The van der Waals surface area contributed by atoms with Gasteiger partial charge in [0, 0.05) is 11.3 Å². The van der Waals surface area contributed by atoms with Crippen LogP contribution in [0.2, 0.25) is 0 Å². The Hall–Kier alpha value is -1.89. The maximum atomic E-state index is 11.9. The number of amides is 2. The number of ether oxygens (including phenoxy) is 1. The van der Waals surface area contributed by atoms with E-state index in [0.717, 1.165) is 36.1 Å². The molecule has 1 heterocycles. The predicted molar refractivity (Wildman–Crippen MR) is 84.0 cm³/mol. The molecule has 1 aromatic heterocycles. The topological polar surface area (TPSA) is 98.5 Å². The van der Waals surface area contributed by atoms with Crippen LogP contribution < -0.4 is 11.1 Å². The minimum Gasteiger partial charge on any atom is -0.466 e. The molecule has 0 fully saturated rings. The number of nitrogens with two attached hydrogens (primary N) is 1. The molecule has 0 aromatic carbocycles. The molecule has 0 radical (unpaired) electrons. The van der Waals surface area contributed by atoms with Crippen molar-refractivity contribution in [2.75, 3.05) is 11.9 Å². The third-order valence-electron chi connectivity index (χ3n) is 3.53. The summed E-state index contributed by atoms with van der Waals surface area (Å²) in [4.78, 5) is 36.0. The number of thiophene rings is 1. The van der Waals surface area contributed by atoms with Crippen molar-refractivity contribution in [2.45, 2.75) is 45.4 Å². The number of aryl methyl sites for hydroxylation is 1. The molecule has 2 rings (SSSR count). The van der Waals surface area contributed by atoms with Crippen molar-refractivity contribution in [1.82, 2.24) is 0 Å². The van der Waals surface area contributed by atoms with Gasteiger partial charge in [0.05, 0.1) is 18.6 Å². The van der Waals surface area contributed by atoms with E-state index in [-0.39, 0.29) is 18.7 Å². The zero-order valence-corrected chi connectivity index (χ0v) is 13.4. The summed E-state index contributed by atoms with van der Waals surface area (Å²) in [5.41, 5.74) is 6.87. The van der Waals surface area contributed by atoms with Crippen molar-refractivity contribution in [3.63, 3.8) is 0 Å². The lowest BCUT2D eigenvalue weighted by molar-refractivity contribution is -0.144. The van der Waals surface area contributed by atoms with Crippen LogP contribution in [0.5, 0.6) is 0 Å². The lowest BCUT2D eigenvalue weighted by Gasteiger charge is -2.11. The second kappa shape index (κ2) is 7.40. The lowest BCUT2D eigenvalue weighted by Crippen LogP contribution is -2.19. The Labute approximate surface area is 133 Å². The number of carbonyl (C=O) groups is 3. The summed E-state index contributed by atoms with van der Waals surface area (Å²) < 4.78 is 4.78. The van der Waals surface area contributed by atoms with Crippen LogP contribution in [0.25, 0.3) is 0 Å². The highest BCUT2D eigenvalue weighted by atomic mass is 32.1. The molecule has 0 saturated heterocycles. The number of esters is 1. The average molecular weight is 324 g/mol. The molecule has 3 N–H and O–H groups in total. The molecule has 1 aliphatic rings. The molecule has 0 aliphatic heterocycles. The van der Waals surface area contributed by atoms with E-state index in [1.165, 1.54) is 11.3 Å². The molecule has 0 spiro atoms. The molecule has 22 heavy (non-hydrogen) atoms. The van der Waals surface area contributed by atoms with Gasteiger partial charge in [0.25, 0.3) is 5.91 Å². The van der Waals surface area contributed by atoms with E-state index in [0.29, 0.717) is 17.2 Å². The Bertz CT molecular complexity index is 595. The zero-order chi connectivity index (χ0) is 16.1. The van der Waals surface area contributed by atoms with Crippen molar-refractivity contribution in [1.29, 1.82) is 0 Å². The Morgan fingerprint density at radius 1 is 1.23 bits per heavy atom. The predicted octanol–water partition coefficient (Wildman–Crippen LogP) is 2.01. The highest BCUT2D eigenvalue weighted by Gasteiger charge is 2.24. The van der Waals surface area contributed by atoms with Crippen molar-refractivity contribution < 1.29 is 19.1 Å². The first-order chi connectivity index (χ1) is 10.5. The number of primary amides is 1. The van der Waals surface area contributed by atoms with E-state index in [9.17, 15) is 14.4 Å². The van der Waals surface area contributed by atoms with E-state index in [2.05, 4.69) is 5.32 Å². The monoisotopic (exact) mass is 324 g/mol. The summed E-state index contributed by atoms with van der Waals surface area (Å²) >= 11 is 1.41. The number of rotatable bonds is 6. The molecule has 6 nitrogen and oxygen atoms in total. The van der Waals surface area contributed by atoms with Crippen LogP contribution in [0.1, 0.15) is 53.4 Å². The Balaban J connectivity index is 2.06. The fraction of sp³-hybridized carbons (Fsp3) is 0.533. The van der Waals surface area contributed by atoms with Gasteiger partial charge >= 0.3 is 5.97 Å². The smallest absolute Gasteiger partial charge is 0.306 e. The fourth-order valence-electron chi connectivity index (χ4n) is 2.55. The summed E-state index contributed by atoms with van der Waals surface area (Å²) in [6.07, 6.45) is 3.90. The molecular formula is C15H20N2O4S. The third-order valence-corrected chi connectivity index (χ3v) is 4.74. The first-order valence-electron chi connectivity index (χ1n) is 7.42. The third kappa shape index (κ3) is 3.85. The van der Waals surface area contributed by atoms with Crippen LogP contribution >= 0.6 is 11.3 Å². The average Bonchev–Trinajstić information content (AvgIpc) is 2.83. The molecule has 0 bridgehead atoms. The standard InChI is InChI=1S/C15H20N2O4S/c1-2-21-12(19)8-7-11(18)17-15-13(14(16)20)9-5-3-4-6-10(9)22-15/h2-8H2,1H3,(H2,16,20)(H,17,18). The van der Waals surface area contributed by atoms with E-state index in [1.54, 1.807) is 6.92 Å². The molecule has 0 unspecified atom stereocenters. The van der Waals surface area contributed by atoms with Gasteiger partial charge in [-0.05, 0) is 38.2 Å². The summed E-state index contributed by atoms with van der Waals surface area (Å²) in [7, 11) is 0. The molecule has 120 valence electrons. The van der Waals surface area contributed by atoms with E-state index in [4.69, 9.17) is 10.5 Å². The van der Waals surface area contributed by atoms with E-state index in [1.807, 2.05) is 0 Å². The Kier molecular flexibility index (Phi) is 5.54. The van der Waals surface area contributed by atoms with Crippen molar-refractivity contribution in [3.05, 3.63) is 16.0 Å². The minimum absolute atomic E-state index is 0.0245. The first kappa shape index (κ1) is 16.5. The SMILES string of the molecule is CCOC(=O)CCC(=O)Nc1sc2c(c1C(N)=O)CCCC2. The number of nitrogens with one attached hydrogen (secondary N) is 1. The fourth-order valence-corrected chi connectivity index (χ4v) is 3.86. The maximum absolute atomic E-state index is 11.9. The van der Waals surface area contributed by atoms with Crippen LogP contribution in [-0.2, 0) is 27.2 Å². The van der Waals surface area contributed by atoms with Crippen LogP contribution in [0.3, 0.4) is 0 Å². The molecular weight excluding hydrogens is 304 g/mol. The number of hydrogen-bond donors (Lipinski definition) is 2. The summed E-state index contributed by atoms with van der Waals surface area (Å²) in [6.45, 7) is 2.01. The maximum Gasteiger partial charge on any atom is 0.306 e. The molecule has 7 heteroatoms. The molecule has 0 saturated carbocycles. The van der Waals surface area contributed by atoms with Crippen LogP contribution in [0, 0.1) is 0 Å². The lowest BCUT2D eigenvalue weighted by atomic mass is 9.95. The van der Waals surface area contributed by atoms with Gasteiger partial charge in [-0.15, -0.1) is 11.3 Å². The van der Waals surface area contributed by atoms with Crippen LogP contribution in [-0.4, -0.2) is 24.4 Å². The number of hydrogen-bond acceptors (Lipinski definition) is 5. The summed E-state index contributed by atoms with van der Waals surface area (Å²) in [5, 5.41) is 3.23. The summed E-state index contributed by atoms with van der Waals surface area (Å²) in [6, 6.07) is 0.